The Morgan fingerprint density at radius 3 is 1.97 bits per heavy atom. The molecule has 1 aromatic heterocycles. The number of benzene rings is 3. The van der Waals surface area contributed by atoms with Crippen molar-refractivity contribution in [3.05, 3.63) is 36.4 Å². The van der Waals surface area contributed by atoms with E-state index in [1.807, 2.05) is 31.3 Å². The highest BCUT2D eigenvalue weighted by molar-refractivity contribution is 7.80. The summed E-state index contributed by atoms with van der Waals surface area (Å²) in [6.45, 7) is 0.234. The number of ether oxygens (including phenoxy) is 5. The average molecular weight is 490 g/mol. The summed E-state index contributed by atoms with van der Waals surface area (Å²) in [4.78, 5) is 0. The van der Waals surface area contributed by atoms with Crippen LogP contribution < -0.4 is 28.3 Å². The van der Waals surface area contributed by atoms with Crippen LogP contribution in [0.25, 0.3) is 32.4 Å². The summed E-state index contributed by atoms with van der Waals surface area (Å²) in [5.74, 6) is 3.62. The number of methoxy groups -OCH3 is 3. The van der Waals surface area contributed by atoms with E-state index in [2.05, 4.69) is 20.9 Å². The number of pyridine rings is 1. The molecule has 5 rings (SSSR count). The minimum atomic E-state index is -4.41. The number of hydrogen-bond acceptors (Lipinski definition) is 9. The molecule has 0 amide bonds. The van der Waals surface area contributed by atoms with Crippen LogP contribution in [0.15, 0.2) is 36.4 Å². The first-order chi connectivity index (χ1) is 16.2. The topological polar surface area (TPSA) is 116 Å². The van der Waals surface area contributed by atoms with Gasteiger partial charge in [-0.3, -0.25) is 4.18 Å². The van der Waals surface area contributed by atoms with Gasteiger partial charge in [0.05, 0.1) is 44.6 Å². The Hall–Kier alpha value is -3.54. The molecule has 1 aliphatic rings. The van der Waals surface area contributed by atoms with E-state index >= 15 is 0 Å². The van der Waals surface area contributed by atoms with Gasteiger partial charge in [-0.2, -0.15) is 4.57 Å². The molecular formula is C23H23NO9S. The summed E-state index contributed by atoms with van der Waals surface area (Å²) in [5, 5.41) is 5.22. The van der Waals surface area contributed by atoms with Crippen molar-refractivity contribution in [2.75, 3.05) is 35.2 Å². The molecule has 0 atom stereocenters. The molecule has 0 unspecified atom stereocenters. The normalized spacial score (nSPS) is 12.5. The fourth-order valence-corrected chi connectivity index (χ4v) is 4.08. The molecule has 2 heterocycles. The van der Waals surface area contributed by atoms with Crippen molar-refractivity contribution in [1.82, 2.24) is 0 Å². The largest absolute Gasteiger partial charge is 0.726 e. The Balaban J connectivity index is 0.000000408. The van der Waals surface area contributed by atoms with E-state index in [9.17, 15) is 13.0 Å². The Morgan fingerprint density at radius 2 is 1.41 bits per heavy atom. The molecule has 0 aliphatic carbocycles. The third kappa shape index (κ3) is 4.09. The molecule has 0 radical (unpaired) electrons. The fourth-order valence-electron chi connectivity index (χ4n) is 4.08. The molecule has 3 aromatic carbocycles. The summed E-state index contributed by atoms with van der Waals surface area (Å²) in [5.41, 5.74) is 1.04. The van der Waals surface area contributed by atoms with Crippen LogP contribution >= 0.6 is 0 Å². The number of fused-ring (bicyclic) bond motifs is 6. The molecule has 0 saturated carbocycles. The summed E-state index contributed by atoms with van der Waals surface area (Å²) >= 11 is 0. The third-order valence-corrected chi connectivity index (χ3v) is 5.97. The average Bonchev–Trinajstić information content (AvgIpc) is 3.29. The van der Waals surface area contributed by atoms with Gasteiger partial charge >= 0.3 is 5.88 Å². The van der Waals surface area contributed by atoms with Gasteiger partial charge in [-0.15, -0.1) is 0 Å². The fraction of sp³-hybridized carbons (Fsp3) is 0.261. The smallest absolute Gasteiger partial charge is 0.376 e. The van der Waals surface area contributed by atoms with Crippen LogP contribution in [0, 0.1) is 0 Å². The number of hydrogen-bond donors (Lipinski definition) is 0. The van der Waals surface area contributed by atoms with Gasteiger partial charge < -0.3 is 28.2 Å². The molecule has 1 aliphatic heterocycles. The van der Waals surface area contributed by atoms with Crippen LogP contribution in [-0.2, 0) is 21.6 Å². The summed E-state index contributed by atoms with van der Waals surface area (Å²) in [7, 11) is 3.36. The van der Waals surface area contributed by atoms with Crippen LogP contribution in [0.3, 0.4) is 0 Å². The van der Waals surface area contributed by atoms with Crippen LogP contribution in [0.1, 0.15) is 0 Å². The van der Waals surface area contributed by atoms with Crippen molar-refractivity contribution in [2.24, 2.45) is 7.05 Å². The zero-order chi connectivity index (χ0) is 24.6. The highest BCUT2D eigenvalue weighted by Crippen LogP contribution is 2.42. The van der Waals surface area contributed by atoms with E-state index in [4.69, 9.17) is 23.7 Å². The molecule has 0 bridgehead atoms. The monoisotopic (exact) mass is 489 g/mol. The number of aromatic nitrogens is 1. The summed E-state index contributed by atoms with van der Waals surface area (Å²) in [6, 6.07) is 12.2. The predicted molar refractivity (Wildman–Crippen MR) is 123 cm³/mol. The van der Waals surface area contributed by atoms with Crippen LogP contribution in [0.5, 0.6) is 28.9 Å². The molecule has 4 aromatic rings. The first-order valence-corrected chi connectivity index (χ1v) is 11.3. The first-order valence-electron chi connectivity index (χ1n) is 10.0. The van der Waals surface area contributed by atoms with Crippen LogP contribution in [0.2, 0.25) is 0 Å². The molecule has 0 saturated heterocycles. The van der Waals surface area contributed by atoms with Crippen LogP contribution in [0.4, 0.5) is 0 Å². The van der Waals surface area contributed by atoms with Gasteiger partial charge in [0.2, 0.25) is 22.7 Å². The van der Waals surface area contributed by atoms with Gasteiger partial charge in [-0.1, -0.05) is 6.07 Å². The zero-order valence-electron chi connectivity index (χ0n) is 19.2. The Bertz CT molecular complexity index is 1520. The van der Waals surface area contributed by atoms with Crippen molar-refractivity contribution in [2.45, 2.75) is 0 Å². The maximum absolute atomic E-state index is 9.22. The van der Waals surface area contributed by atoms with E-state index in [1.165, 1.54) is 0 Å². The lowest BCUT2D eigenvalue weighted by Gasteiger charge is -2.13. The van der Waals surface area contributed by atoms with E-state index < -0.39 is 10.4 Å². The molecular weight excluding hydrogens is 466 g/mol. The van der Waals surface area contributed by atoms with Crippen molar-refractivity contribution in [3.63, 3.8) is 0 Å². The van der Waals surface area contributed by atoms with Gasteiger partial charge in [0.25, 0.3) is 0 Å². The second kappa shape index (κ2) is 9.01. The second-order valence-electron chi connectivity index (χ2n) is 7.28. The lowest BCUT2D eigenvalue weighted by molar-refractivity contribution is -0.648. The molecule has 34 heavy (non-hydrogen) atoms. The SMILES string of the molecule is COS(=O)(=O)[O-].COc1cc2ccc3c4cc5c(cc4c(OC)[n+](C)c3c2cc1OC)OCO5. The van der Waals surface area contributed by atoms with Crippen molar-refractivity contribution < 1.29 is 45.4 Å². The minimum absolute atomic E-state index is 0.234. The van der Waals surface area contributed by atoms with Crippen molar-refractivity contribution >= 4 is 42.8 Å². The van der Waals surface area contributed by atoms with Gasteiger partial charge in [0.1, 0.15) is 7.05 Å². The Kier molecular flexibility index (Phi) is 6.26. The molecule has 0 spiro atoms. The highest BCUT2D eigenvalue weighted by Gasteiger charge is 2.26. The predicted octanol–water partition coefficient (Wildman–Crippen LogP) is 2.82. The van der Waals surface area contributed by atoms with E-state index in [-0.39, 0.29) is 6.79 Å². The van der Waals surface area contributed by atoms with Gasteiger partial charge in [-0.05, 0) is 29.7 Å². The minimum Gasteiger partial charge on any atom is -0.726 e. The number of nitrogens with zero attached hydrogens (tertiary/aromatic N) is 1. The molecule has 10 nitrogen and oxygen atoms in total. The van der Waals surface area contributed by atoms with Crippen LogP contribution in [-0.4, -0.2) is 48.2 Å². The number of rotatable bonds is 4. The summed E-state index contributed by atoms with van der Waals surface area (Å²) < 4.78 is 61.0. The molecule has 11 heteroatoms. The quantitative estimate of drug-likeness (QED) is 0.185. The molecule has 180 valence electrons. The van der Waals surface area contributed by atoms with Crippen molar-refractivity contribution in [3.8, 4) is 28.9 Å². The molecule has 0 N–H and O–H groups in total. The van der Waals surface area contributed by atoms with E-state index in [0.29, 0.717) is 11.5 Å². The third-order valence-electron chi connectivity index (χ3n) is 5.57. The molecule has 0 fully saturated rings. The van der Waals surface area contributed by atoms with Gasteiger partial charge in [0.15, 0.2) is 23.0 Å². The number of aryl methyl sites for hydroxylation is 1. The Labute approximate surface area is 196 Å². The zero-order valence-corrected chi connectivity index (χ0v) is 20.0. The van der Waals surface area contributed by atoms with E-state index in [1.54, 1.807) is 21.3 Å². The lowest BCUT2D eigenvalue weighted by atomic mass is 10.00. The lowest BCUT2D eigenvalue weighted by Crippen LogP contribution is -2.31. The van der Waals surface area contributed by atoms with Gasteiger partial charge in [0, 0.05) is 11.5 Å². The maximum atomic E-state index is 9.22. The summed E-state index contributed by atoms with van der Waals surface area (Å²) in [6.07, 6.45) is 0. The van der Waals surface area contributed by atoms with E-state index in [0.717, 1.165) is 56.9 Å². The standard InChI is InChI=1S/C22H20NO5.CH4O4S/c1-23-21-13(6-5-12-7-17(24-2)18(25-3)8-14(12)21)15-9-19-20(28-11-27-19)10-16(15)22(23)26-4;1-5-6(2,3)4/h5-10H,11H2,1-4H3;1H3,(H,2,3,4)/q+1;/p-1. The second-order valence-corrected chi connectivity index (χ2v) is 8.43. The Morgan fingerprint density at radius 1 is 0.824 bits per heavy atom. The van der Waals surface area contributed by atoms with Gasteiger partial charge in [-0.25, -0.2) is 8.42 Å². The van der Waals surface area contributed by atoms with Crippen molar-refractivity contribution in [1.29, 1.82) is 0 Å². The highest BCUT2D eigenvalue weighted by atomic mass is 32.3. The maximum Gasteiger partial charge on any atom is 0.376 e. The first kappa shape index (κ1) is 23.6.